The van der Waals surface area contributed by atoms with Gasteiger partial charge in [-0.2, -0.15) is 0 Å². The average molecular weight is 503 g/mol. The molecule has 2 aromatic rings. The Labute approximate surface area is 182 Å². The molecule has 0 saturated heterocycles. The molecular formula is C20H27FIN3O3. The van der Waals surface area contributed by atoms with Crippen molar-refractivity contribution in [2.45, 2.75) is 20.1 Å². The maximum absolute atomic E-state index is 13.7. The highest BCUT2D eigenvalue weighted by Crippen LogP contribution is 2.29. The molecule has 0 bridgehead atoms. The second-order valence-corrected chi connectivity index (χ2v) is 5.75. The summed E-state index contributed by atoms with van der Waals surface area (Å²) in [5.41, 5.74) is 2.22. The molecule has 2 aromatic carbocycles. The van der Waals surface area contributed by atoms with E-state index in [1.165, 1.54) is 6.07 Å². The minimum absolute atomic E-state index is 0. The number of rotatable bonds is 8. The Balaban J connectivity index is 0.00000392. The highest BCUT2D eigenvalue weighted by Gasteiger charge is 2.07. The van der Waals surface area contributed by atoms with Crippen molar-refractivity contribution in [2.24, 2.45) is 4.99 Å². The minimum Gasteiger partial charge on any atom is -0.493 e. The lowest BCUT2D eigenvalue weighted by Gasteiger charge is -2.14. The lowest BCUT2D eigenvalue weighted by molar-refractivity contribution is 0.181. The van der Waals surface area contributed by atoms with Gasteiger partial charge in [-0.25, -0.2) is 9.38 Å². The number of hydrogen-bond donors (Lipinski definition) is 2. The van der Waals surface area contributed by atoms with E-state index in [4.69, 9.17) is 14.2 Å². The summed E-state index contributed by atoms with van der Waals surface area (Å²) in [6, 6.07) is 10.5. The van der Waals surface area contributed by atoms with Crippen LogP contribution in [-0.2, 0) is 17.9 Å². The fourth-order valence-electron chi connectivity index (χ4n) is 2.52. The van der Waals surface area contributed by atoms with E-state index in [2.05, 4.69) is 15.6 Å². The summed E-state index contributed by atoms with van der Waals surface area (Å²) in [4.78, 5) is 4.57. The lowest BCUT2D eigenvalue weighted by Crippen LogP contribution is -2.30. The number of aliphatic imine (C=N–C) groups is 1. The Kier molecular flexibility index (Phi) is 10.6. The van der Waals surface area contributed by atoms with Crippen LogP contribution in [-0.4, -0.2) is 33.8 Å². The van der Waals surface area contributed by atoms with Crippen molar-refractivity contribution in [3.8, 4) is 11.5 Å². The predicted molar refractivity (Wildman–Crippen MR) is 121 cm³/mol. The van der Waals surface area contributed by atoms with E-state index in [0.717, 1.165) is 11.3 Å². The van der Waals surface area contributed by atoms with Crippen LogP contribution in [0.2, 0.25) is 0 Å². The van der Waals surface area contributed by atoms with Gasteiger partial charge in [-0.05, 0) is 36.8 Å². The zero-order valence-electron chi connectivity index (χ0n) is 16.5. The number of nitrogens with zero attached hydrogens (tertiary/aromatic N) is 1. The Morgan fingerprint density at radius 1 is 1.04 bits per heavy atom. The minimum atomic E-state index is -0.278. The lowest BCUT2D eigenvalue weighted by atomic mass is 10.1. The first-order valence-electron chi connectivity index (χ1n) is 8.64. The van der Waals surface area contributed by atoms with Crippen LogP contribution in [0.25, 0.3) is 0 Å². The highest BCUT2D eigenvalue weighted by atomic mass is 127. The molecule has 6 nitrogen and oxygen atoms in total. The topological polar surface area (TPSA) is 64.1 Å². The molecule has 0 radical (unpaired) electrons. The van der Waals surface area contributed by atoms with Crippen LogP contribution >= 0.6 is 24.0 Å². The molecule has 0 unspecified atom stereocenters. The zero-order valence-corrected chi connectivity index (χ0v) is 18.9. The Morgan fingerprint density at radius 3 is 2.43 bits per heavy atom. The van der Waals surface area contributed by atoms with Crippen molar-refractivity contribution in [1.29, 1.82) is 0 Å². The summed E-state index contributed by atoms with van der Waals surface area (Å²) in [5, 5.41) is 6.42. The van der Waals surface area contributed by atoms with Crippen LogP contribution < -0.4 is 20.1 Å². The standard InChI is InChI=1S/C20H26FN3O3.HI/c1-5-22-20(24-16-7-9-18(26-3)19(11-16)27-4)23-12-14-6-8-17(21)15(10-14)13-25-2;/h6-11H,5,12-13H2,1-4H3,(H2,22,23,24);1H. The van der Waals surface area contributed by atoms with Gasteiger partial charge in [0.2, 0.25) is 0 Å². The van der Waals surface area contributed by atoms with E-state index >= 15 is 0 Å². The third-order valence-electron chi connectivity index (χ3n) is 3.82. The van der Waals surface area contributed by atoms with Crippen LogP contribution in [0.5, 0.6) is 11.5 Å². The number of anilines is 1. The Morgan fingerprint density at radius 2 is 1.79 bits per heavy atom. The SMILES string of the molecule is CCNC(=NCc1ccc(F)c(COC)c1)Nc1ccc(OC)c(OC)c1.I. The molecule has 2 rings (SSSR count). The number of hydrogen-bond acceptors (Lipinski definition) is 4. The average Bonchev–Trinajstić information content (AvgIpc) is 2.68. The van der Waals surface area contributed by atoms with Crippen LogP contribution in [0, 0.1) is 5.82 Å². The molecule has 0 fully saturated rings. The molecule has 0 aliphatic carbocycles. The maximum Gasteiger partial charge on any atom is 0.196 e. The van der Waals surface area contributed by atoms with E-state index in [1.54, 1.807) is 33.5 Å². The van der Waals surface area contributed by atoms with Crippen molar-refractivity contribution < 1.29 is 18.6 Å². The Bertz CT molecular complexity index is 787. The summed E-state index contributed by atoms with van der Waals surface area (Å²) in [5.74, 6) is 1.62. The smallest absolute Gasteiger partial charge is 0.196 e. The fraction of sp³-hybridized carbons (Fsp3) is 0.350. The molecule has 0 aliphatic rings. The van der Waals surface area contributed by atoms with E-state index in [-0.39, 0.29) is 36.4 Å². The summed E-state index contributed by atoms with van der Waals surface area (Å²) >= 11 is 0. The van der Waals surface area contributed by atoms with E-state index < -0.39 is 0 Å². The molecule has 0 spiro atoms. The van der Waals surface area contributed by atoms with Crippen LogP contribution in [0.4, 0.5) is 10.1 Å². The number of ether oxygens (including phenoxy) is 3. The van der Waals surface area contributed by atoms with Crippen molar-refractivity contribution >= 4 is 35.6 Å². The van der Waals surface area contributed by atoms with E-state index in [1.807, 2.05) is 25.1 Å². The van der Waals surface area contributed by atoms with Crippen LogP contribution in [0.15, 0.2) is 41.4 Å². The van der Waals surface area contributed by atoms with Crippen molar-refractivity contribution in [3.05, 3.63) is 53.3 Å². The third-order valence-corrected chi connectivity index (χ3v) is 3.82. The summed E-state index contributed by atoms with van der Waals surface area (Å²) in [7, 11) is 4.73. The maximum atomic E-state index is 13.7. The van der Waals surface area contributed by atoms with Gasteiger partial charge in [-0.15, -0.1) is 24.0 Å². The molecule has 0 saturated carbocycles. The molecule has 154 valence electrons. The summed E-state index contributed by atoms with van der Waals surface area (Å²) in [6.07, 6.45) is 0. The number of methoxy groups -OCH3 is 3. The second kappa shape index (κ2) is 12.4. The second-order valence-electron chi connectivity index (χ2n) is 5.75. The van der Waals surface area contributed by atoms with Gasteiger partial charge in [0.1, 0.15) is 5.82 Å². The fourth-order valence-corrected chi connectivity index (χ4v) is 2.52. The number of guanidine groups is 1. The van der Waals surface area contributed by atoms with Gasteiger partial charge >= 0.3 is 0 Å². The molecule has 0 aliphatic heterocycles. The van der Waals surface area contributed by atoms with Gasteiger partial charge in [0.15, 0.2) is 17.5 Å². The van der Waals surface area contributed by atoms with Crippen molar-refractivity contribution in [2.75, 3.05) is 33.2 Å². The predicted octanol–water partition coefficient (Wildman–Crippen LogP) is 4.18. The molecule has 0 amide bonds. The van der Waals surface area contributed by atoms with Gasteiger partial charge in [-0.1, -0.05) is 6.07 Å². The third kappa shape index (κ3) is 6.83. The number of benzene rings is 2. The molecule has 28 heavy (non-hydrogen) atoms. The van der Waals surface area contributed by atoms with Gasteiger partial charge in [-0.3, -0.25) is 0 Å². The quantitative estimate of drug-likeness (QED) is 0.322. The van der Waals surface area contributed by atoms with Gasteiger partial charge in [0.05, 0.1) is 27.4 Å². The monoisotopic (exact) mass is 503 g/mol. The molecule has 0 aromatic heterocycles. The first kappa shape index (κ1) is 24.0. The van der Waals surface area contributed by atoms with Crippen molar-refractivity contribution in [3.63, 3.8) is 0 Å². The Hall–Kier alpha value is -2.07. The van der Waals surface area contributed by atoms with E-state index in [0.29, 0.717) is 36.1 Å². The normalized spacial score (nSPS) is 10.8. The van der Waals surface area contributed by atoms with Crippen LogP contribution in [0.3, 0.4) is 0 Å². The van der Waals surface area contributed by atoms with Crippen molar-refractivity contribution in [1.82, 2.24) is 5.32 Å². The zero-order chi connectivity index (χ0) is 19.6. The number of halogens is 2. The highest BCUT2D eigenvalue weighted by molar-refractivity contribution is 14.0. The molecule has 0 heterocycles. The van der Waals surface area contributed by atoms with Gasteiger partial charge in [0.25, 0.3) is 0 Å². The van der Waals surface area contributed by atoms with Crippen LogP contribution in [0.1, 0.15) is 18.1 Å². The van der Waals surface area contributed by atoms with E-state index in [9.17, 15) is 4.39 Å². The summed E-state index contributed by atoms with van der Waals surface area (Å²) < 4.78 is 29.3. The van der Waals surface area contributed by atoms with Gasteiger partial charge in [0, 0.05) is 31.0 Å². The van der Waals surface area contributed by atoms with Gasteiger partial charge < -0.3 is 24.8 Å². The molecular weight excluding hydrogens is 476 g/mol. The first-order valence-corrected chi connectivity index (χ1v) is 8.64. The molecule has 0 atom stereocenters. The largest absolute Gasteiger partial charge is 0.493 e. The molecule has 2 N–H and O–H groups in total. The molecule has 8 heteroatoms. The number of nitrogens with one attached hydrogen (secondary N) is 2. The summed E-state index contributed by atoms with van der Waals surface area (Å²) in [6.45, 7) is 3.32. The first-order chi connectivity index (χ1) is 13.1.